The summed E-state index contributed by atoms with van der Waals surface area (Å²) < 4.78 is 5.68. The molecule has 14 aromatic rings. The van der Waals surface area contributed by atoms with Crippen molar-refractivity contribution in [2.45, 2.75) is 401 Å². The number of fused-ring (bicyclic) bond motifs is 17. The van der Waals surface area contributed by atoms with Crippen LogP contribution in [0.1, 0.15) is 400 Å². The van der Waals surface area contributed by atoms with Crippen LogP contribution in [0.25, 0.3) is 42.4 Å². The van der Waals surface area contributed by atoms with Gasteiger partial charge in [0.15, 0.2) is 0 Å². The Morgan fingerprint density at radius 1 is 0.267 bits per heavy atom. The third-order valence-electron chi connectivity index (χ3n) is 39.1. The van der Waals surface area contributed by atoms with Crippen LogP contribution in [0.3, 0.4) is 0 Å². The van der Waals surface area contributed by atoms with E-state index in [4.69, 9.17) is 0 Å². The Bertz CT molecular complexity index is 7860. The van der Waals surface area contributed by atoms with Gasteiger partial charge < -0.3 is 19.6 Å². The molecular weight excluding hydrogens is 1800 g/mol. The summed E-state index contributed by atoms with van der Waals surface area (Å²) in [6.45, 7) is 87.4. The molecule has 2 aromatic heterocycles. The SMILES string of the molecule is Cc1cc2c3c(c1)N(c1ccc4c(c1)C(C)(C)CCC4(C)C)c1c(sc4cc5c(cc14)C(C)(C)CCC5(C)C)B3c1cc(C(C)(C)CCC(C)(C)c3cc4c5c(c3)N(c3cc6c(cc3C)C(C)(C)CCC6(C)C)c3c(sc6cc7c(cc36)C(C)(C)CCC7(C)C)B5c3cc(C(C)(C)C)ccc3N4c3ccc(C(C)(C)C)cc3-c3ccccc3)ccc1N2c1ccc(C(C)(C)C)cc1-c1cccc2c1C(C)(C)CCC2(C)C. The summed E-state index contributed by atoms with van der Waals surface area (Å²) >= 11 is 4.20. The number of hydrogen-bond donors (Lipinski definition) is 0. The predicted octanol–water partition coefficient (Wildman–Crippen LogP) is 35.9. The van der Waals surface area contributed by atoms with Gasteiger partial charge in [-0.3, -0.25) is 0 Å². The number of benzene rings is 12. The minimum atomic E-state index is -0.386. The molecule has 12 aromatic carbocycles. The van der Waals surface area contributed by atoms with Crippen LogP contribution in [0.4, 0.5) is 68.2 Å². The zero-order valence-electron chi connectivity index (χ0n) is 95.3. The summed E-state index contributed by atoms with van der Waals surface area (Å²) in [6, 6.07) is 84.5. The van der Waals surface area contributed by atoms with Crippen molar-refractivity contribution in [3.8, 4) is 22.3 Å². The standard InChI is InChI=1S/C138H162B2N4S2/c1-81-66-111-118-112(67-81)143(107-51-45-85(125(6,7)8)70-92(107)90-42-39-43-96-117(90)138(34,35)65-64-130(96,18)19)109-53-47-87(72-105(109)140(118)122-120(93-76-99-102(79-115(93)145-122)136(30,31)62-59-133(99,24)25)141(111)89-48-49-95-98(75-89)132(22,23)57-56-129(95,16)17)127(12,13)54-55-128(14,15)88-73-113-119-114(74-88)144(110-78-101-97(68-82(110)2)131(20,21)58-61-135(101,28)29)121-94-77-100-103(137(32,33)63-60-134(100,26)27)80-116(94)146-123(121)139(119)104-71-86(126(9,10)11)46-52-108(104)142(113)106-50-44-84(124(3,4)5)69-91(106)83-40-37-36-38-41-83/h36-53,66-80H,54-65H2,1-35H3. The highest BCUT2D eigenvalue weighted by Gasteiger charge is 2.54. The van der Waals surface area contributed by atoms with Crippen LogP contribution >= 0.6 is 22.7 Å². The average molecular weight is 1960 g/mol. The van der Waals surface area contributed by atoms with E-state index in [1.54, 1.807) is 0 Å². The maximum Gasteiger partial charge on any atom is 0.264 e. The lowest BCUT2D eigenvalue weighted by Gasteiger charge is -2.46. The van der Waals surface area contributed by atoms with Crippen molar-refractivity contribution in [2.24, 2.45) is 0 Å². The fourth-order valence-corrected chi connectivity index (χ4v) is 31.2. The van der Waals surface area contributed by atoms with Gasteiger partial charge in [0, 0.05) is 86.4 Å². The van der Waals surface area contributed by atoms with E-state index in [0.717, 1.165) is 70.6 Å². The number of nitrogens with zero attached hydrogens (tertiary/aromatic N) is 4. The van der Waals surface area contributed by atoms with Gasteiger partial charge in [-0.15, -0.1) is 22.7 Å². The van der Waals surface area contributed by atoms with Crippen molar-refractivity contribution in [3.05, 3.63) is 295 Å². The lowest BCUT2D eigenvalue weighted by atomic mass is 9.36. The first kappa shape index (κ1) is 99.2. The van der Waals surface area contributed by atoms with Crippen LogP contribution in [0.15, 0.2) is 200 Å². The summed E-state index contributed by atoms with van der Waals surface area (Å²) in [6.07, 6.45) is 13.4. The molecule has 0 saturated carbocycles. The van der Waals surface area contributed by atoms with E-state index in [1.807, 2.05) is 0 Å². The normalized spacial score (nSPS) is 19.4. The van der Waals surface area contributed by atoms with E-state index in [-0.39, 0.29) is 94.7 Å². The molecule has 0 radical (unpaired) electrons. The molecule has 23 rings (SSSR count). The largest absolute Gasteiger partial charge is 0.311 e. The molecule has 0 N–H and O–H groups in total. The quantitative estimate of drug-likeness (QED) is 0.120. The molecule has 8 heteroatoms. The van der Waals surface area contributed by atoms with Crippen molar-refractivity contribution in [1.29, 1.82) is 0 Å². The first-order valence-corrected chi connectivity index (χ1v) is 57.5. The first-order chi connectivity index (χ1) is 68.0. The summed E-state index contributed by atoms with van der Waals surface area (Å²) in [7, 11) is 0. The van der Waals surface area contributed by atoms with E-state index in [1.165, 1.54) is 243 Å². The molecule has 4 aliphatic heterocycles. The molecule has 0 bridgehead atoms. The number of thiophene rings is 2. The van der Waals surface area contributed by atoms with Crippen LogP contribution in [0, 0.1) is 13.8 Å². The van der Waals surface area contributed by atoms with Gasteiger partial charge in [-0.25, -0.2) is 0 Å². The molecule has 0 fully saturated rings. The van der Waals surface area contributed by atoms with Crippen LogP contribution in [-0.2, 0) is 81.2 Å². The van der Waals surface area contributed by atoms with E-state index < -0.39 is 0 Å². The molecule has 0 atom stereocenters. The Hall–Kier alpha value is -10.1. The summed E-state index contributed by atoms with van der Waals surface area (Å²) in [4.78, 5) is 11.3. The molecule has 9 aliphatic rings. The van der Waals surface area contributed by atoms with E-state index in [0.29, 0.717) is 0 Å². The smallest absolute Gasteiger partial charge is 0.264 e. The lowest BCUT2D eigenvalue weighted by Crippen LogP contribution is -2.60. The van der Waals surface area contributed by atoms with Crippen LogP contribution < -0.4 is 51.0 Å². The third kappa shape index (κ3) is 15.3. The fraction of sp³-hybridized carbons (Fsp3) is 0.449. The number of anilines is 12. The Labute approximate surface area is 886 Å². The van der Waals surface area contributed by atoms with Crippen molar-refractivity contribution in [2.75, 3.05) is 19.6 Å². The second-order valence-corrected chi connectivity index (χ2v) is 60.3. The number of aryl methyl sites for hydroxylation is 2. The fourth-order valence-electron chi connectivity index (χ4n) is 28.5. The molecule has 0 unspecified atom stereocenters. The Morgan fingerprint density at radius 2 is 0.637 bits per heavy atom. The van der Waals surface area contributed by atoms with Crippen molar-refractivity contribution in [3.63, 3.8) is 0 Å². The molecular formula is C138H162B2N4S2. The second kappa shape index (κ2) is 32.2. The average Bonchev–Trinajstić information content (AvgIpc) is 1.61. The second-order valence-electron chi connectivity index (χ2n) is 58.1. The first-order valence-electron chi connectivity index (χ1n) is 55.8. The van der Waals surface area contributed by atoms with Crippen molar-refractivity contribution in [1.82, 2.24) is 0 Å². The molecule has 4 nitrogen and oxygen atoms in total. The lowest BCUT2D eigenvalue weighted by molar-refractivity contribution is 0.332. The predicted molar refractivity (Wildman–Crippen MR) is 640 cm³/mol. The third-order valence-corrected chi connectivity index (χ3v) is 41.6. The van der Waals surface area contributed by atoms with E-state index in [2.05, 4.69) is 485 Å². The van der Waals surface area contributed by atoms with Gasteiger partial charge in [-0.2, -0.15) is 0 Å². The van der Waals surface area contributed by atoms with Crippen molar-refractivity contribution < 1.29 is 0 Å². The van der Waals surface area contributed by atoms with Gasteiger partial charge >= 0.3 is 0 Å². The Morgan fingerprint density at radius 3 is 1.12 bits per heavy atom. The maximum absolute atomic E-state index is 2.90. The molecule has 146 heavy (non-hydrogen) atoms. The minimum Gasteiger partial charge on any atom is -0.311 e. The van der Waals surface area contributed by atoms with E-state index >= 15 is 0 Å². The molecule has 0 spiro atoms. The zero-order valence-corrected chi connectivity index (χ0v) is 96.9. The van der Waals surface area contributed by atoms with Gasteiger partial charge in [0.1, 0.15) is 0 Å². The van der Waals surface area contributed by atoms with Crippen LogP contribution in [-0.4, -0.2) is 13.4 Å². The Balaban J connectivity index is 0.764. The van der Waals surface area contributed by atoms with Gasteiger partial charge in [-0.05, 0) is 403 Å². The number of rotatable bonds is 11. The maximum atomic E-state index is 2.90. The molecule has 6 heterocycles. The molecule has 752 valence electrons. The highest BCUT2D eigenvalue weighted by Crippen LogP contribution is 2.63. The number of hydrogen-bond acceptors (Lipinski definition) is 6. The Kier molecular flexibility index (Phi) is 21.9. The molecule has 5 aliphatic carbocycles. The minimum absolute atomic E-state index is 0.00339. The van der Waals surface area contributed by atoms with Gasteiger partial charge in [-0.1, -0.05) is 326 Å². The summed E-state index contributed by atoms with van der Waals surface area (Å²) in [5.74, 6) is 0. The monoisotopic (exact) mass is 1960 g/mol. The molecule has 0 amide bonds. The zero-order chi connectivity index (χ0) is 104. The van der Waals surface area contributed by atoms with Gasteiger partial charge in [0.25, 0.3) is 13.4 Å². The highest BCUT2D eigenvalue weighted by atomic mass is 32.1. The van der Waals surface area contributed by atoms with Gasteiger partial charge in [0.2, 0.25) is 0 Å². The summed E-state index contributed by atoms with van der Waals surface area (Å²) in [5.41, 5.74) is 49.5. The van der Waals surface area contributed by atoms with E-state index in [9.17, 15) is 0 Å². The van der Waals surface area contributed by atoms with Crippen LogP contribution in [0.2, 0.25) is 0 Å². The summed E-state index contributed by atoms with van der Waals surface area (Å²) in [5, 5.41) is 2.77. The van der Waals surface area contributed by atoms with Gasteiger partial charge in [0.05, 0.1) is 22.7 Å². The molecule has 0 saturated heterocycles. The highest BCUT2D eigenvalue weighted by molar-refractivity contribution is 7.34. The van der Waals surface area contributed by atoms with Crippen molar-refractivity contribution >= 4 is 156 Å². The topological polar surface area (TPSA) is 13.0 Å². The van der Waals surface area contributed by atoms with Crippen LogP contribution in [0.5, 0.6) is 0 Å².